The van der Waals surface area contributed by atoms with E-state index in [2.05, 4.69) is 0 Å². The molecule has 0 aromatic heterocycles. The number of alkyl halides is 1. The Labute approximate surface area is 84.0 Å². The van der Waals surface area contributed by atoms with Crippen molar-refractivity contribution in [3.05, 3.63) is 0 Å². The van der Waals surface area contributed by atoms with Crippen LogP contribution in [0.3, 0.4) is 0 Å². The van der Waals surface area contributed by atoms with Gasteiger partial charge in [0, 0.05) is 5.41 Å². The lowest BCUT2D eigenvalue weighted by Gasteiger charge is -2.56. The minimum Gasteiger partial charge on any atom is -0.336 e. The van der Waals surface area contributed by atoms with Gasteiger partial charge < -0.3 is 4.74 Å². The van der Waals surface area contributed by atoms with Gasteiger partial charge in [0.2, 0.25) is 6.36 Å². The molecule has 1 aliphatic heterocycles. The van der Waals surface area contributed by atoms with Crippen molar-refractivity contribution < 1.29 is 9.13 Å². The third-order valence-corrected chi connectivity index (χ3v) is 5.13. The molecule has 0 unspecified atom stereocenters. The third-order valence-electron chi connectivity index (χ3n) is 5.13. The van der Waals surface area contributed by atoms with Gasteiger partial charge in [-0.05, 0) is 56.3 Å². The Morgan fingerprint density at radius 3 is 1.71 bits per heavy atom. The van der Waals surface area contributed by atoms with Crippen LogP contribution in [0.25, 0.3) is 0 Å². The van der Waals surface area contributed by atoms with Crippen LogP contribution in [0.15, 0.2) is 0 Å². The number of hydrogen-bond donors (Lipinski definition) is 0. The van der Waals surface area contributed by atoms with E-state index in [1.54, 1.807) is 0 Å². The molecule has 2 atom stereocenters. The maximum atomic E-state index is 13.1. The largest absolute Gasteiger partial charge is 0.336 e. The Morgan fingerprint density at radius 2 is 1.36 bits per heavy atom. The summed E-state index contributed by atoms with van der Waals surface area (Å²) in [6.07, 6.45) is 7.19. The highest BCUT2D eigenvalue weighted by molar-refractivity contribution is 5.08. The minimum atomic E-state index is -0.911. The summed E-state index contributed by atoms with van der Waals surface area (Å²) in [6.45, 7) is 0. The summed E-state index contributed by atoms with van der Waals surface area (Å²) < 4.78 is 18.2. The van der Waals surface area contributed by atoms with E-state index in [0.29, 0.717) is 0 Å². The first kappa shape index (κ1) is 8.09. The van der Waals surface area contributed by atoms with Crippen molar-refractivity contribution in [1.29, 1.82) is 0 Å². The lowest BCUT2D eigenvalue weighted by atomic mass is 9.49. The van der Waals surface area contributed by atoms with E-state index in [4.69, 9.17) is 4.74 Å². The van der Waals surface area contributed by atoms with Crippen LogP contribution in [-0.2, 0) is 4.74 Å². The second-order valence-corrected chi connectivity index (χ2v) is 6.19. The second-order valence-electron chi connectivity index (χ2n) is 6.19. The molecule has 0 aromatic rings. The van der Waals surface area contributed by atoms with Crippen LogP contribution >= 0.6 is 0 Å². The summed E-state index contributed by atoms with van der Waals surface area (Å²) in [7, 11) is 0. The molecule has 0 N–H and O–H groups in total. The smallest absolute Gasteiger partial charge is 0.226 e. The van der Waals surface area contributed by atoms with Gasteiger partial charge in [-0.1, -0.05) is 0 Å². The van der Waals surface area contributed by atoms with E-state index in [-0.39, 0.29) is 11.5 Å². The van der Waals surface area contributed by atoms with E-state index in [1.807, 2.05) is 0 Å². The quantitative estimate of drug-likeness (QED) is 0.587. The lowest BCUT2D eigenvalue weighted by molar-refractivity contribution is -0.0672. The van der Waals surface area contributed by atoms with Crippen molar-refractivity contribution in [2.24, 2.45) is 23.2 Å². The molecule has 5 aliphatic rings. The average molecular weight is 196 g/mol. The molecule has 0 spiro atoms. The third kappa shape index (κ3) is 0.932. The number of rotatable bonds is 1. The number of hydrogen-bond acceptors (Lipinski definition) is 1. The Balaban J connectivity index is 1.68. The normalized spacial score (nSPS) is 64.5. The SMILES string of the molecule is F[C@@H]1O[C@H]1C12CC3CC(CC(C3)C1)C2. The molecular formula is C12H17FO. The van der Waals surface area contributed by atoms with Gasteiger partial charge >= 0.3 is 0 Å². The fourth-order valence-corrected chi connectivity index (χ4v) is 5.04. The molecule has 14 heavy (non-hydrogen) atoms. The highest BCUT2D eigenvalue weighted by Crippen LogP contribution is 2.64. The molecule has 4 saturated carbocycles. The van der Waals surface area contributed by atoms with Gasteiger partial charge in [0.05, 0.1) is 0 Å². The van der Waals surface area contributed by atoms with Crippen molar-refractivity contribution >= 4 is 0 Å². The summed E-state index contributed by atoms with van der Waals surface area (Å²) in [5.41, 5.74) is 0.286. The highest BCUT2D eigenvalue weighted by atomic mass is 19.2. The number of halogens is 1. The zero-order valence-corrected chi connectivity index (χ0v) is 8.42. The zero-order valence-electron chi connectivity index (χ0n) is 8.42. The molecule has 2 heteroatoms. The molecule has 0 amide bonds. The predicted octanol–water partition coefficient (Wildman–Crippen LogP) is 2.90. The first-order chi connectivity index (χ1) is 6.75. The van der Waals surface area contributed by atoms with Gasteiger partial charge in [-0.3, -0.25) is 0 Å². The first-order valence-electron chi connectivity index (χ1n) is 6.05. The van der Waals surface area contributed by atoms with Crippen molar-refractivity contribution in [2.45, 2.75) is 51.0 Å². The Bertz CT molecular complexity index is 240. The highest BCUT2D eigenvalue weighted by Gasteiger charge is 2.62. The minimum absolute atomic E-state index is 0.00380. The van der Waals surface area contributed by atoms with Crippen molar-refractivity contribution in [1.82, 2.24) is 0 Å². The van der Waals surface area contributed by atoms with Crippen molar-refractivity contribution in [3.8, 4) is 0 Å². The Hall–Kier alpha value is -0.110. The Kier molecular flexibility index (Phi) is 1.35. The molecule has 78 valence electrons. The molecule has 0 radical (unpaired) electrons. The van der Waals surface area contributed by atoms with Gasteiger partial charge in [0.1, 0.15) is 6.10 Å². The van der Waals surface area contributed by atoms with Crippen LogP contribution in [0.2, 0.25) is 0 Å². The van der Waals surface area contributed by atoms with Gasteiger partial charge in [-0.15, -0.1) is 0 Å². The standard InChI is InChI=1S/C12H17FO/c13-11-10(14-11)12-4-7-1-8(5-12)3-9(2-7)6-12/h7-11H,1-6H2/t7?,8?,9?,10-,11-,12?/m1/s1. The van der Waals surface area contributed by atoms with Gasteiger partial charge in [0.15, 0.2) is 0 Å². The van der Waals surface area contributed by atoms with E-state index < -0.39 is 6.36 Å². The van der Waals surface area contributed by atoms with Crippen molar-refractivity contribution in [3.63, 3.8) is 0 Å². The van der Waals surface area contributed by atoms with Crippen LogP contribution in [0, 0.1) is 23.2 Å². The molecule has 1 heterocycles. The molecule has 1 saturated heterocycles. The average Bonchev–Trinajstić information content (AvgIpc) is 2.80. The summed E-state index contributed by atoms with van der Waals surface area (Å²) in [5, 5.41) is 0. The number of ether oxygens (including phenoxy) is 1. The van der Waals surface area contributed by atoms with Gasteiger partial charge in [-0.25, -0.2) is 4.39 Å². The summed E-state index contributed by atoms with van der Waals surface area (Å²) in [5.74, 6) is 2.74. The van der Waals surface area contributed by atoms with Gasteiger partial charge in [-0.2, -0.15) is 0 Å². The molecule has 4 aliphatic carbocycles. The van der Waals surface area contributed by atoms with E-state index >= 15 is 0 Å². The molecule has 5 rings (SSSR count). The Morgan fingerprint density at radius 1 is 0.929 bits per heavy atom. The van der Waals surface area contributed by atoms with E-state index in [9.17, 15) is 4.39 Å². The van der Waals surface area contributed by atoms with Crippen LogP contribution in [0.1, 0.15) is 38.5 Å². The summed E-state index contributed by atoms with van der Waals surface area (Å²) >= 11 is 0. The predicted molar refractivity (Wildman–Crippen MR) is 50.4 cm³/mol. The lowest BCUT2D eigenvalue weighted by Crippen LogP contribution is -2.49. The molecule has 0 aromatic carbocycles. The fourth-order valence-electron chi connectivity index (χ4n) is 5.04. The fraction of sp³-hybridized carbons (Fsp3) is 1.00. The molecule has 1 nitrogen and oxygen atoms in total. The number of epoxide rings is 1. The monoisotopic (exact) mass is 196 g/mol. The van der Waals surface area contributed by atoms with Crippen LogP contribution in [-0.4, -0.2) is 12.5 Å². The van der Waals surface area contributed by atoms with Crippen LogP contribution < -0.4 is 0 Å². The summed E-state index contributed by atoms with van der Waals surface area (Å²) in [4.78, 5) is 0. The zero-order chi connectivity index (χ0) is 9.34. The molecule has 4 bridgehead atoms. The van der Waals surface area contributed by atoms with E-state index in [1.165, 1.54) is 38.5 Å². The van der Waals surface area contributed by atoms with E-state index in [0.717, 1.165) is 17.8 Å². The summed E-state index contributed by atoms with van der Waals surface area (Å²) in [6, 6.07) is 0. The topological polar surface area (TPSA) is 12.5 Å². The molecular weight excluding hydrogens is 179 g/mol. The van der Waals surface area contributed by atoms with Gasteiger partial charge in [0.25, 0.3) is 0 Å². The van der Waals surface area contributed by atoms with Crippen molar-refractivity contribution in [2.75, 3.05) is 0 Å². The van der Waals surface area contributed by atoms with Crippen LogP contribution in [0.4, 0.5) is 4.39 Å². The second kappa shape index (κ2) is 2.34. The molecule has 5 fully saturated rings. The maximum absolute atomic E-state index is 13.1. The maximum Gasteiger partial charge on any atom is 0.226 e. The van der Waals surface area contributed by atoms with Crippen LogP contribution in [0.5, 0.6) is 0 Å². The first-order valence-corrected chi connectivity index (χ1v) is 6.05.